The van der Waals surface area contributed by atoms with Crippen LogP contribution in [0.4, 0.5) is 8.78 Å². The van der Waals surface area contributed by atoms with Crippen molar-refractivity contribution >= 4 is 11.6 Å². The highest BCUT2D eigenvalue weighted by molar-refractivity contribution is 5.99. The highest BCUT2D eigenvalue weighted by Crippen LogP contribution is 2.27. The standard InChI is InChI=1S/C20H20F2N4O2/c1-12-4-6-13(7-5-12)16-9-17(18(21)22)26-19(25-16)15(11-24-26)20(27)23-10-14-3-2-8-28-14/h4-7,9,11,14,18H,2-3,8,10H2,1H3,(H,23,27)/t14-/m1/s1. The molecule has 1 aliphatic rings. The lowest BCUT2D eigenvalue weighted by Gasteiger charge is -2.11. The van der Waals surface area contributed by atoms with Gasteiger partial charge in [-0.1, -0.05) is 29.8 Å². The van der Waals surface area contributed by atoms with Crippen molar-refractivity contribution in [3.05, 3.63) is 53.3 Å². The summed E-state index contributed by atoms with van der Waals surface area (Å²) in [6.07, 6.45) is 0.366. The number of amides is 1. The quantitative estimate of drug-likeness (QED) is 0.728. The van der Waals surface area contributed by atoms with E-state index in [1.807, 2.05) is 31.2 Å². The molecule has 1 fully saturated rings. The average Bonchev–Trinajstić information content (AvgIpc) is 3.35. The molecule has 0 bridgehead atoms. The van der Waals surface area contributed by atoms with Gasteiger partial charge in [-0.05, 0) is 25.8 Å². The van der Waals surface area contributed by atoms with Crippen molar-refractivity contribution in [1.29, 1.82) is 0 Å². The van der Waals surface area contributed by atoms with Gasteiger partial charge in [0.15, 0.2) is 5.65 Å². The first-order valence-electron chi connectivity index (χ1n) is 9.16. The number of nitrogens with one attached hydrogen (secondary N) is 1. The van der Waals surface area contributed by atoms with Crippen LogP contribution in [0.1, 0.15) is 40.9 Å². The molecule has 0 radical (unpaired) electrons. The summed E-state index contributed by atoms with van der Waals surface area (Å²) >= 11 is 0. The van der Waals surface area contributed by atoms with Gasteiger partial charge in [-0.15, -0.1) is 0 Å². The zero-order valence-electron chi connectivity index (χ0n) is 15.4. The van der Waals surface area contributed by atoms with Gasteiger partial charge in [0, 0.05) is 18.7 Å². The minimum atomic E-state index is -2.75. The minimum Gasteiger partial charge on any atom is -0.376 e. The molecule has 0 saturated carbocycles. The first-order chi connectivity index (χ1) is 13.5. The Balaban J connectivity index is 1.71. The predicted octanol–water partition coefficient (Wildman–Crippen LogP) is 3.55. The Morgan fingerprint density at radius 3 is 2.82 bits per heavy atom. The first kappa shape index (κ1) is 18.5. The predicted molar refractivity (Wildman–Crippen MR) is 99.4 cm³/mol. The molecular weight excluding hydrogens is 366 g/mol. The van der Waals surface area contributed by atoms with Crippen molar-refractivity contribution in [3.8, 4) is 11.3 Å². The third kappa shape index (κ3) is 3.60. The molecule has 2 aromatic heterocycles. The van der Waals surface area contributed by atoms with E-state index in [1.54, 1.807) is 0 Å². The molecule has 6 nitrogen and oxygen atoms in total. The summed E-state index contributed by atoms with van der Waals surface area (Å²) in [5, 5.41) is 6.76. The van der Waals surface area contributed by atoms with Gasteiger partial charge < -0.3 is 10.1 Å². The number of benzene rings is 1. The summed E-state index contributed by atoms with van der Waals surface area (Å²) in [6.45, 7) is 3.00. The third-order valence-electron chi connectivity index (χ3n) is 4.83. The summed E-state index contributed by atoms with van der Waals surface area (Å²) in [5.74, 6) is -0.403. The Bertz CT molecular complexity index is 995. The molecule has 0 spiro atoms. The Morgan fingerprint density at radius 1 is 1.36 bits per heavy atom. The van der Waals surface area contributed by atoms with Crippen LogP contribution in [-0.2, 0) is 4.74 Å². The second kappa shape index (κ2) is 7.63. The van der Waals surface area contributed by atoms with Gasteiger partial charge >= 0.3 is 0 Å². The molecular formula is C20H20F2N4O2. The summed E-state index contributed by atoms with van der Waals surface area (Å²) in [4.78, 5) is 17.1. The number of hydrogen-bond donors (Lipinski definition) is 1. The molecule has 1 amide bonds. The van der Waals surface area contributed by atoms with Crippen LogP contribution in [0.3, 0.4) is 0 Å². The number of hydrogen-bond acceptors (Lipinski definition) is 4. The van der Waals surface area contributed by atoms with E-state index in [9.17, 15) is 13.6 Å². The molecule has 146 valence electrons. The highest BCUT2D eigenvalue weighted by atomic mass is 19.3. The lowest BCUT2D eigenvalue weighted by atomic mass is 10.1. The van der Waals surface area contributed by atoms with Crippen molar-refractivity contribution < 1.29 is 18.3 Å². The van der Waals surface area contributed by atoms with E-state index in [4.69, 9.17) is 4.74 Å². The van der Waals surface area contributed by atoms with Crippen LogP contribution < -0.4 is 5.32 Å². The molecule has 1 N–H and O–H groups in total. The molecule has 1 aliphatic heterocycles. The number of carbonyl (C=O) groups is 1. The lowest BCUT2D eigenvalue weighted by Crippen LogP contribution is -2.31. The minimum absolute atomic E-state index is 0.0153. The van der Waals surface area contributed by atoms with Gasteiger partial charge in [-0.3, -0.25) is 4.79 Å². The molecule has 3 aromatic rings. The van der Waals surface area contributed by atoms with E-state index in [0.29, 0.717) is 24.4 Å². The molecule has 3 heterocycles. The number of nitrogens with zero attached hydrogens (tertiary/aromatic N) is 3. The molecule has 8 heteroatoms. The summed E-state index contributed by atoms with van der Waals surface area (Å²) in [7, 11) is 0. The van der Waals surface area contributed by atoms with E-state index >= 15 is 0 Å². The number of halogens is 2. The molecule has 28 heavy (non-hydrogen) atoms. The largest absolute Gasteiger partial charge is 0.376 e. The van der Waals surface area contributed by atoms with Crippen LogP contribution in [0.25, 0.3) is 16.9 Å². The van der Waals surface area contributed by atoms with Gasteiger partial charge in [-0.2, -0.15) is 5.10 Å². The highest BCUT2D eigenvalue weighted by Gasteiger charge is 2.23. The second-order valence-corrected chi connectivity index (χ2v) is 6.87. The van der Waals surface area contributed by atoms with Gasteiger partial charge in [0.1, 0.15) is 11.3 Å². The summed E-state index contributed by atoms with van der Waals surface area (Å²) < 4.78 is 33.8. The van der Waals surface area contributed by atoms with Crippen LogP contribution in [0.2, 0.25) is 0 Å². The van der Waals surface area contributed by atoms with Crippen LogP contribution in [-0.4, -0.2) is 39.8 Å². The van der Waals surface area contributed by atoms with Crippen molar-refractivity contribution in [2.75, 3.05) is 13.2 Å². The van der Waals surface area contributed by atoms with Gasteiger partial charge in [0.2, 0.25) is 0 Å². The molecule has 0 unspecified atom stereocenters. The number of carbonyl (C=O) groups excluding carboxylic acids is 1. The maximum Gasteiger partial charge on any atom is 0.280 e. The molecule has 4 rings (SSSR count). The number of aryl methyl sites for hydroxylation is 1. The molecule has 1 aromatic carbocycles. The van der Waals surface area contributed by atoms with Crippen LogP contribution in [0, 0.1) is 6.92 Å². The lowest BCUT2D eigenvalue weighted by molar-refractivity contribution is 0.0859. The number of fused-ring (bicyclic) bond motifs is 1. The number of aromatic nitrogens is 3. The van der Waals surface area contributed by atoms with E-state index in [2.05, 4.69) is 15.4 Å². The Labute approximate surface area is 160 Å². The van der Waals surface area contributed by atoms with Crippen molar-refractivity contribution in [2.24, 2.45) is 0 Å². The Hall–Kier alpha value is -2.87. The molecule has 1 atom stereocenters. The van der Waals surface area contributed by atoms with Gasteiger partial charge in [-0.25, -0.2) is 18.3 Å². The van der Waals surface area contributed by atoms with E-state index in [1.165, 1.54) is 12.3 Å². The molecule has 1 saturated heterocycles. The van der Waals surface area contributed by atoms with E-state index in [-0.39, 0.29) is 23.0 Å². The van der Waals surface area contributed by atoms with E-state index < -0.39 is 12.3 Å². The van der Waals surface area contributed by atoms with Crippen molar-refractivity contribution in [2.45, 2.75) is 32.3 Å². The molecule has 0 aliphatic carbocycles. The smallest absolute Gasteiger partial charge is 0.280 e. The van der Waals surface area contributed by atoms with E-state index in [0.717, 1.165) is 22.9 Å². The Morgan fingerprint density at radius 2 is 2.14 bits per heavy atom. The maximum atomic E-state index is 13.6. The number of alkyl halides is 2. The number of rotatable bonds is 5. The Kier molecular flexibility index (Phi) is 5.04. The van der Waals surface area contributed by atoms with Gasteiger partial charge in [0.25, 0.3) is 12.3 Å². The fraction of sp³-hybridized carbons (Fsp3) is 0.350. The topological polar surface area (TPSA) is 68.5 Å². The SMILES string of the molecule is Cc1ccc(-c2cc(C(F)F)n3ncc(C(=O)NC[C@H]4CCCO4)c3n2)cc1. The fourth-order valence-electron chi connectivity index (χ4n) is 3.28. The zero-order valence-corrected chi connectivity index (χ0v) is 15.4. The van der Waals surface area contributed by atoms with Crippen LogP contribution in [0.5, 0.6) is 0 Å². The zero-order chi connectivity index (χ0) is 19.7. The first-order valence-corrected chi connectivity index (χ1v) is 9.16. The average molecular weight is 386 g/mol. The van der Waals surface area contributed by atoms with Gasteiger partial charge in [0.05, 0.1) is 18.0 Å². The van der Waals surface area contributed by atoms with Crippen LogP contribution in [0.15, 0.2) is 36.5 Å². The second-order valence-electron chi connectivity index (χ2n) is 6.87. The number of ether oxygens (including phenoxy) is 1. The summed E-state index contributed by atoms with van der Waals surface area (Å²) in [5.41, 5.74) is 2.08. The van der Waals surface area contributed by atoms with Crippen molar-refractivity contribution in [1.82, 2.24) is 19.9 Å². The monoisotopic (exact) mass is 386 g/mol. The maximum absolute atomic E-state index is 13.6. The third-order valence-corrected chi connectivity index (χ3v) is 4.83. The van der Waals surface area contributed by atoms with Crippen LogP contribution >= 0.6 is 0 Å². The fourth-order valence-corrected chi connectivity index (χ4v) is 3.28. The summed E-state index contributed by atoms with van der Waals surface area (Å²) in [6, 6.07) is 8.71. The normalized spacial score (nSPS) is 16.8. The van der Waals surface area contributed by atoms with Crippen molar-refractivity contribution in [3.63, 3.8) is 0 Å².